The molecule has 1 aliphatic heterocycles. The first-order chi connectivity index (χ1) is 6.54. The van der Waals surface area contributed by atoms with Crippen molar-refractivity contribution in [2.45, 2.75) is 51.9 Å². The second-order valence-corrected chi connectivity index (χ2v) is 3.89. The molecule has 0 N–H and O–H groups in total. The van der Waals surface area contributed by atoms with E-state index in [9.17, 15) is 9.81 Å². The highest BCUT2D eigenvalue weighted by atomic mass is 16.3. The second kappa shape index (κ2) is 3.89. The van der Waals surface area contributed by atoms with Gasteiger partial charge in [-0.15, -0.1) is 9.81 Å². The van der Waals surface area contributed by atoms with Crippen LogP contribution in [-0.2, 0) is 0 Å². The number of nitrogens with zero attached hydrogens (tertiary/aromatic N) is 4. The summed E-state index contributed by atoms with van der Waals surface area (Å²) in [6.45, 7) is 7.47. The highest BCUT2D eigenvalue weighted by molar-refractivity contribution is 4.92. The maximum Gasteiger partial charge on any atom is 0.0697 e. The molecule has 0 radical (unpaired) electrons. The minimum absolute atomic E-state index is 0.0867. The molecule has 0 aromatic carbocycles. The van der Waals surface area contributed by atoms with Gasteiger partial charge in [0.05, 0.1) is 34.7 Å². The first kappa shape index (κ1) is 10.9. The predicted octanol–water partition coefficient (Wildman–Crippen LogP) is 1.52. The average molecular weight is 200 g/mol. The van der Waals surface area contributed by atoms with Crippen LogP contribution in [0.2, 0.25) is 0 Å². The lowest BCUT2D eigenvalue weighted by atomic mass is 9.99. The van der Waals surface area contributed by atoms with Crippen LogP contribution in [0.15, 0.2) is 10.6 Å². The summed E-state index contributed by atoms with van der Waals surface area (Å²) in [5.74, 6) is 0. The summed E-state index contributed by atoms with van der Waals surface area (Å²) in [6.07, 6.45) is 0. The number of piperazine rings is 1. The Morgan fingerprint density at radius 3 is 1.07 bits per heavy atom. The maximum absolute atomic E-state index is 10.6. The van der Waals surface area contributed by atoms with E-state index in [4.69, 9.17) is 0 Å². The molecule has 1 aliphatic rings. The summed E-state index contributed by atoms with van der Waals surface area (Å²) in [5, 5.41) is 8.98. The van der Waals surface area contributed by atoms with Crippen molar-refractivity contribution in [2.75, 3.05) is 0 Å². The Morgan fingerprint density at radius 2 is 0.929 bits per heavy atom. The molecule has 4 atom stereocenters. The van der Waals surface area contributed by atoms with Crippen molar-refractivity contribution >= 4 is 0 Å². The van der Waals surface area contributed by atoms with Crippen LogP contribution in [0.3, 0.4) is 0 Å². The van der Waals surface area contributed by atoms with E-state index in [0.29, 0.717) is 0 Å². The number of nitroso groups, excluding NO2 is 2. The van der Waals surface area contributed by atoms with E-state index in [2.05, 4.69) is 10.6 Å². The Bertz CT molecular complexity index is 195. The van der Waals surface area contributed by atoms with E-state index in [1.165, 1.54) is 10.0 Å². The predicted molar refractivity (Wildman–Crippen MR) is 53.1 cm³/mol. The van der Waals surface area contributed by atoms with Crippen molar-refractivity contribution in [1.82, 2.24) is 10.0 Å². The summed E-state index contributed by atoms with van der Waals surface area (Å²) in [5.41, 5.74) is 0. The number of hydrogen-bond donors (Lipinski definition) is 0. The van der Waals surface area contributed by atoms with Gasteiger partial charge in [-0.3, -0.25) is 10.0 Å². The van der Waals surface area contributed by atoms with Gasteiger partial charge in [0.25, 0.3) is 0 Å². The smallest absolute Gasteiger partial charge is 0.0697 e. The minimum Gasteiger partial charge on any atom is -0.251 e. The fourth-order valence-electron chi connectivity index (χ4n) is 1.92. The zero-order valence-electron chi connectivity index (χ0n) is 8.91. The Kier molecular flexibility index (Phi) is 3.03. The Labute approximate surface area is 83.1 Å². The van der Waals surface area contributed by atoms with Crippen molar-refractivity contribution in [1.29, 1.82) is 0 Å². The zero-order chi connectivity index (χ0) is 10.9. The zero-order valence-corrected chi connectivity index (χ0v) is 8.91. The van der Waals surface area contributed by atoms with Crippen LogP contribution in [0.4, 0.5) is 0 Å². The third-order valence-corrected chi connectivity index (χ3v) is 3.25. The van der Waals surface area contributed by atoms with Crippen molar-refractivity contribution in [3.63, 3.8) is 0 Å². The van der Waals surface area contributed by atoms with Crippen molar-refractivity contribution < 1.29 is 0 Å². The molecule has 0 saturated carbocycles. The molecular formula is C8H16N4O2. The standard InChI is InChI=1S/C8H16N4O2/c1-5-6(2)12(10-14)8(4)7(3)11(5)9-13/h5-8H,1-4H3/t5-,6-,7-,8-/m1/s1. The first-order valence-corrected chi connectivity index (χ1v) is 4.77. The van der Waals surface area contributed by atoms with Gasteiger partial charge >= 0.3 is 0 Å². The molecule has 0 unspecified atom stereocenters. The lowest BCUT2D eigenvalue weighted by Crippen LogP contribution is -2.61. The molecule has 0 bridgehead atoms. The molecule has 1 saturated heterocycles. The molecule has 0 aromatic rings. The monoisotopic (exact) mass is 200 g/mol. The molecule has 6 nitrogen and oxygen atoms in total. The molecule has 80 valence electrons. The van der Waals surface area contributed by atoms with Crippen molar-refractivity contribution in [3.05, 3.63) is 9.81 Å². The van der Waals surface area contributed by atoms with E-state index in [1.54, 1.807) is 0 Å². The average Bonchev–Trinajstić information content (AvgIpc) is 2.17. The van der Waals surface area contributed by atoms with Gasteiger partial charge in [0.1, 0.15) is 0 Å². The highest BCUT2D eigenvalue weighted by Gasteiger charge is 2.40. The third kappa shape index (κ3) is 1.44. The largest absolute Gasteiger partial charge is 0.251 e. The summed E-state index contributed by atoms with van der Waals surface area (Å²) < 4.78 is 0. The highest BCUT2D eigenvalue weighted by Crippen LogP contribution is 2.26. The topological polar surface area (TPSA) is 65.3 Å². The van der Waals surface area contributed by atoms with Gasteiger partial charge in [-0.2, -0.15) is 0 Å². The van der Waals surface area contributed by atoms with Crippen molar-refractivity contribution in [2.24, 2.45) is 10.6 Å². The van der Waals surface area contributed by atoms with Crippen LogP contribution < -0.4 is 0 Å². The van der Waals surface area contributed by atoms with Gasteiger partial charge in [-0.05, 0) is 27.7 Å². The minimum atomic E-state index is -0.0867. The van der Waals surface area contributed by atoms with Gasteiger partial charge in [-0.25, -0.2) is 0 Å². The summed E-state index contributed by atoms with van der Waals surface area (Å²) in [6, 6.07) is -0.347. The van der Waals surface area contributed by atoms with Crippen LogP contribution in [-0.4, -0.2) is 34.2 Å². The van der Waals surface area contributed by atoms with Crippen LogP contribution in [0.25, 0.3) is 0 Å². The summed E-state index contributed by atoms with van der Waals surface area (Å²) in [4.78, 5) is 21.2. The Balaban J connectivity index is 2.92. The lowest BCUT2D eigenvalue weighted by molar-refractivity contribution is -0.0401. The number of rotatable bonds is 2. The normalized spacial score (nSPS) is 38.3. The molecule has 6 heteroatoms. The molecule has 1 rings (SSSR count). The van der Waals surface area contributed by atoms with E-state index >= 15 is 0 Å². The quantitative estimate of drug-likeness (QED) is 0.634. The van der Waals surface area contributed by atoms with Crippen molar-refractivity contribution in [3.8, 4) is 0 Å². The molecule has 1 fully saturated rings. The Morgan fingerprint density at radius 1 is 0.714 bits per heavy atom. The van der Waals surface area contributed by atoms with Gasteiger partial charge in [0.15, 0.2) is 0 Å². The SMILES string of the molecule is C[C@@H]1[C@@H](C)N(N=O)[C@H](C)[C@@H](C)N1N=O. The fraction of sp³-hybridized carbons (Fsp3) is 1.00. The van der Waals surface area contributed by atoms with Crippen LogP contribution in [0.1, 0.15) is 27.7 Å². The van der Waals surface area contributed by atoms with Gasteiger partial charge in [0.2, 0.25) is 0 Å². The molecule has 0 spiro atoms. The van der Waals surface area contributed by atoms with Crippen LogP contribution >= 0.6 is 0 Å². The third-order valence-electron chi connectivity index (χ3n) is 3.25. The molecule has 14 heavy (non-hydrogen) atoms. The van der Waals surface area contributed by atoms with Gasteiger partial charge < -0.3 is 0 Å². The molecule has 0 aromatic heterocycles. The summed E-state index contributed by atoms with van der Waals surface area (Å²) in [7, 11) is 0. The first-order valence-electron chi connectivity index (χ1n) is 4.77. The molecule has 0 aliphatic carbocycles. The molecular weight excluding hydrogens is 184 g/mol. The van der Waals surface area contributed by atoms with E-state index in [1.807, 2.05) is 27.7 Å². The molecule has 1 heterocycles. The van der Waals surface area contributed by atoms with Crippen LogP contribution in [0.5, 0.6) is 0 Å². The fourth-order valence-corrected chi connectivity index (χ4v) is 1.92. The second-order valence-electron chi connectivity index (χ2n) is 3.89. The number of hydrogen-bond acceptors (Lipinski definition) is 4. The Hall–Kier alpha value is -1.20. The summed E-state index contributed by atoms with van der Waals surface area (Å²) >= 11 is 0. The molecule has 0 amide bonds. The van der Waals surface area contributed by atoms with Gasteiger partial charge in [-0.1, -0.05) is 0 Å². The van der Waals surface area contributed by atoms with Crippen LogP contribution in [0, 0.1) is 9.81 Å². The van der Waals surface area contributed by atoms with E-state index in [-0.39, 0.29) is 24.2 Å². The van der Waals surface area contributed by atoms with E-state index in [0.717, 1.165) is 0 Å². The maximum atomic E-state index is 10.6. The van der Waals surface area contributed by atoms with E-state index < -0.39 is 0 Å². The van der Waals surface area contributed by atoms with Gasteiger partial charge in [0, 0.05) is 0 Å². The lowest BCUT2D eigenvalue weighted by Gasteiger charge is -2.46.